The van der Waals surface area contributed by atoms with Crippen LogP contribution in [0.4, 0.5) is 5.69 Å². The summed E-state index contributed by atoms with van der Waals surface area (Å²) in [6.07, 6.45) is 1.49. The highest BCUT2D eigenvalue weighted by atomic mass is 35.5. The van der Waals surface area contributed by atoms with Gasteiger partial charge in [-0.1, -0.05) is 19.9 Å². The number of carbonyl (C=O) groups is 1. The molecule has 0 aliphatic carbocycles. The fraction of sp³-hybridized carbons (Fsp3) is 0.562. The smallest absolute Gasteiger partial charge is 0.241 e. The fourth-order valence-corrected chi connectivity index (χ4v) is 1.91. The van der Waals surface area contributed by atoms with Gasteiger partial charge >= 0.3 is 0 Å². The molecule has 0 radical (unpaired) electrons. The molecular formula is C16H27ClN2O3. The zero-order chi connectivity index (χ0) is 15.7. The quantitative estimate of drug-likeness (QED) is 0.683. The molecule has 1 aromatic rings. The maximum atomic E-state index is 12.0. The normalized spacial score (nSPS) is 11.7. The van der Waals surface area contributed by atoms with Gasteiger partial charge < -0.3 is 20.5 Å². The monoisotopic (exact) mass is 330 g/mol. The maximum Gasteiger partial charge on any atom is 0.241 e. The molecule has 0 fully saturated rings. The first-order valence-electron chi connectivity index (χ1n) is 7.31. The first kappa shape index (κ1) is 20.7. The van der Waals surface area contributed by atoms with E-state index in [4.69, 9.17) is 15.2 Å². The van der Waals surface area contributed by atoms with Crippen LogP contribution in [0.5, 0.6) is 5.75 Å². The van der Waals surface area contributed by atoms with Gasteiger partial charge in [-0.2, -0.15) is 0 Å². The number of methoxy groups -OCH3 is 1. The van der Waals surface area contributed by atoms with Gasteiger partial charge in [-0.3, -0.25) is 4.79 Å². The lowest BCUT2D eigenvalue weighted by Crippen LogP contribution is -2.36. The molecule has 1 atom stereocenters. The third-order valence-electron chi connectivity index (χ3n) is 2.93. The van der Waals surface area contributed by atoms with E-state index in [-0.39, 0.29) is 18.3 Å². The van der Waals surface area contributed by atoms with Crippen molar-refractivity contribution in [1.29, 1.82) is 0 Å². The predicted octanol–water partition coefficient (Wildman–Crippen LogP) is 2.84. The summed E-state index contributed by atoms with van der Waals surface area (Å²) in [5.41, 5.74) is 6.56. The molecule has 0 aliphatic rings. The molecule has 0 aliphatic heterocycles. The molecule has 6 heteroatoms. The number of nitrogens with one attached hydrogen (secondary N) is 1. The van der Waals surface area contributed by atoms with E-state index in [1.807, 2.05) is 32.0 Å². The minimum Gasteiger partial charge on any atom is -0.493 e. The van der Waals surface area contributed by atoms with Crippen molar-refractivity contribution in [3.8, 4) is 5.75 Å². The third kappa shape index (κ3) is 8.22. The lowest BCUT2D eigenvalue weighted by Gasteiger charge is -2.14. The van der Waals surface area contributed by atoms with Crippen molar-refractivity contribution in [2.45, 2.75) is 32.7 Å². The molecule has 0 saturated heterocycles. The summed E-state index contributed by atoms with van der Waals surface area (Å²) in [6, 6.07) is 6.83. The summed E-state index contributed by atoms with van der Waals surface area (Å²) >= 11 is 0. The van der Waals surface area contributed by atoms with Crippen molar-refractivity contribution in [1.82, 2.24) is 0 Å². The first-order valence-corrected chi connectivity index (χ1v) is 7.31. The predicted molar refractivity (Wildman–Crippen MR) is 91.7 cm³/mol. The van der Waals surface area contributed by atoms with Crippen molar-refractivity contribution in [3.05, 3.63) is 24.3 Å². The van der Waals surface area contributed by atoms with Crippen LogP contribution in [0.15, 0.2) is 24.3 Å². The lowest BCUT2D eigenvalue weighted by molar-refractivity contribution is -0.117. The van der Waals surface area contributed by atoms with Crippen LogP contribution >= 0.6 is 12.4 Å². The molecule has 0 bridgehead atoms. The van der Waals surface area contributed by atoms with Gasteiger partial charge in [0.1, 0.15) is 5.75 Å². The summed E-state index contributed by atoms with van der Waals surface area (Å²) in [5.74, 6) is 0.947. The number of amides is 1. The van der Waals surface area contributed by atoms with Gasteiger partial charge in [0, 0.05) is 31.9 Å². The Morgan fingerprint density at radius 2 is 2.05 bits per heavy atom. The van der Waals surface area contributed by atoms with Gasteiger partial charge in [0.25, 0.3) is 0 Å². The zero-order valence-corrected chi connectivity index (χ0v) is 14.3. The van der Waals surface area contributed by atoms with Crippen molar-refractivity contribution in [2.24, 2.45) is 11.7 Å². The molecule has 0 spiro atoms. The number of rotatable bonds is 9. The summed E-state index contributed by atoms with van der Waals surface area (Å²) in [6.45, 7) is 5.34. The summed E-state index contributed by atoms with van der Waals surface area (Å²) in [4.78, 5) is 12.0. The Balaban J connectivity index is 0.00000441. The molecule has 22 heavy (non-hydrogen) atoms. The Morgan fingerprint density at radius 1 is 1.32 bits per heavy atom. The van der Waals surface area contributed by atoms with E-state index >= 15 is 0 Å². The number of ether oxygens (including phenoxy) is 2. The van der Waals surface area contributed by atoms with E-state index in [0.717, 1.165) is 12.2 Å². The highest BCUT2D eigenvalue weighted by Gasteiger charge is 2.15. The Kier molecular flexibility index (Phi) is 10.6. The van der Waals surface area contributed by atoms with Crippen molar-refractivity contribution in [3.63, 3.8) is 0 Å². The van der Waals surface area contributed by atoms with Crippen LogP contribution < -0.4 is 15.8 Å². The first-order chi connectivity index (χ1) is 10.0. The van der Waals surface area contributed by atoms with Crippen LogP contribution in [0.1, 0.15) is 26.7 Å². The lowest BCUT2D eigenvalue weighted by atomic mass is 10.0. The number of anilines is 1. The number of nitrogens with two attached hydrogens (primary N) is 1. The average molecular weight is 331 g/mol. The Labute approximate surface area is 139 Å². The van der Waals surface area contributed by atoms with Crippen molar-refractivity contribution in [2.75, 3.05) is 25.6 Å². The van der Waals surface area contributed by atoms with Gasteiger partial charge in [0.2, 0.25) is 5.91 Å². The number of hydrogen-bond acceptors (Lipinski definition) is 4. The SMILES string of the molecule is COCCCOc1cccc(NC(=O)[C@@H](N)CC(C)C)c1.Cl. The molecule has 3 N–H and O–H groups in total. The molecular weight excluding hydrogens is 304 g/mol. The van der Waals surface area contributed by atoms with E-state index in [0.29, 0.717) is 31.2 Å². The third-order valence-corrected chi connectivity index (χ3v) is 2.93. The van der Waals surface area contributed by atoms with E-state index in [1.54, 1.807) is 13.2 Å². The Bertz CT molecular complexity index is 441. The molecule has 1 amide bonds. The van der Waals surface area contributed by atoms with E-state index < -0.39 is 6.04 Å². The Morgan fingerprint density at radius 3 is 2.68 bits per heavy atom. The topological polar surface area (TPSA) is 73.6 Å². The van der Waals surface area contributed by atoms with E-state index in [1.165, 1.54) is 0 Å². The standard InChI is InChI=1S/C16H26N2O3.ClH/c1-12(2)10-15(17)16(19)18-13-6-4-7-14(11-13)21-9-5-8-20-3;/h4,6-7,11-12,15H,5,8-10,17H2,1-3H3,(H,18,19);1H/t15-;/m0./s1. The summed E-state index contributed by atoms with van der Waals surface area (Å²) in [5, 5.41) is 2.82. The molecule has 126 valence electrons. The van der Waals surface area contributed by atoms with Crippen LogP contribution in [-0.2, 0) is 9.53 Å². The Hall–Kier alpha value is -1.30. The molecule has 1 rings (SSSR count). The fourth-order valence-electron chi connectivity index (χ4n) is 1.91. The van der Waals surface area contributed by atoms with Gasteiger partial charge in [0.05, 0.1) is 12.6 Å². The molecule has 0 unspecified atom stereocenters. The minimum absolute atomic E-state index is 0. The van der Waals surface area contributed by atoms with Crippen LogP contribution in [0.2, 0.25) is 0 Å². The number of halogens is 1. The van der Waals surface area contributed by atoms with Crippen LogP contribution in [0.25, 0.3) is 0 Å². The van der Waals surface area contributed by atoms with E-state index in [2.05, 4.69) is 5.32 Å². The van der Waals surface area contributed by atoms with Gasteiger partial charge in [-0.05, 0) is 24.5 Å². The largest absolute Gasteiger partial charge is 0.493 e. The molecule has 0 heterocycles. The number of carbonyl (C=O) groups excluding carboxylic acids is 1. The molecule has 0 aromatic heterocycles. The van der Waals surface area contributed by atoms with Crippen LogP contribution in [-0.4, -0.2) is 32.3 Å². The van der Waals surface area contributed by atoms with Gasteiger partial charge in [0.15, 0.2) is 0 Å². The molecule has 1 aromatic carbocycles. The number of hydrogen-bond donors (Lipinski definition) is 2. The van der Waals surface area contributed by atoms with Crippen molar-refractivity contribution >= 4 is 24.0 Å². The summed E-state index contributed by atoms with van der Waals surface area (Å²) in [7, 11) is 1.66. The maximum absolute atomic E-state index is 12.0. The second-order valence-corrected chi connectivity index (χ2v) is 5.45. The average Bonchev–Trinajstić information content (AvgIpc) is 2.43. The number of benzene rings is 1. The zero-order valence-electron chi connectivity index (χ0n) is 13.5. The van der Waals surface area contributed by atoms with Crippen LogP contribution in [0.3, 0.4) is 0 Å². The van der Waals surface area contributed by atoms with Gasteiger partial charge in [-0.15, -0.1) is 12.4 Å². The highest BCUT2D eigenvalue weighted by Crippen LogP contribution is 2.18. The highest BCUT2D eigenvalue weighted by molar-refractivity contribution is 5.94. The van der Waals surface area contributed by atoms with Gasteiger partial charge in [-0.25, -0.2) is 0 Å². The summed E-state index contributed by atoms with van der Waals surface area (Å²) < 4.78 is 10.6. The van der Waals surface area contributed by atoms with Crippen molar-refractivity contribution < 1.29 is 14.3 Å². The minimum atomic E-state index is -0.490. The second kappa shape index (κ2) is 11.3. The van der Waals surface area contributed by atoms with Crippen LogP contribution in [0, 0.1) is 5.92 Å². The molecule has 5 nitrogen and oxygen atoms in total. The van der Waals surface area contributed by atoms with E-state index in [9.17, 15) is 4.79 Å². The second-order valence-electron chi connectivity index (χ2n) is 5.45. The molecule has 0 saturated carbocycles.